The Kier molecular flexibility index (Phi) is 6.88. The molecule has 0 saturated heterocycles. The summed E-state index contributed by atoms with van der Waals surface area (Å²) in [5.41, 5.74) is 7.00. The van der Waals surface area contributed by atoms with Gasteiger partial charge in [-0.3, -0.25) is 0 Å². The Morgan fingerprint density at radius 1 is 1.24 bits per heavy atom. The number of hydrogen-bond donors (Lipinski definition) is 2. The van der Waals surface area contributed by atoms with Gasteiger partial charge in [0.05, 0.1) is 13.7 Å². The van der Waals surface area contributed by atoms with Crippen LogP contribution in [0, 0.1) is 0 Å². The SMILES string of the molecule is CCOC(=O)c1ccc(CN=C(N)NCCc2ccc(OC)cc2)o1. The predicted octanol–water partition coefficient (Wildman–Crippen LogP) is 2.11. The second-order valence-electron chi connectivity index (χ2n) is 5.21. The van der Waals surface area contributed by atoms with Crippen molar-refractivity contribution in [1.29, 1.82) is 0 Å². The molecule has 1 heterocycles. The van der Waals surface area contributed by atoms with Crippen molar-refractivity contribution in [2.24, 2.45) is 10.7 Å². The summed E-state index contributed by atoms with van der Waals surface area (Å²) >= 11 is 0. The zero-order chi connectivity index (χ0) is 18.1. The van der Waals surface area contributed by atoms with E-state index in [2.05, 4.69) is 10.3 Å². The minimum atomic E-state index is -0.483. The van der Waals surface area contributed by atoms with Crippen LogP contribution in [0.3, 0.4) is 0 Å². The maximum Gasteiger partial charge on any atom is 0.374 e. The first-order valence-electron chi connectivity index (χ1n) is 8.05. The number of aliphatic imine (C=N–C) groups is 1. The van der Waals surface area contributed by atoms with Gasteiger partial charge in [-0.25, -0.2) is 9.79 Å². The van der Waals surface area contributed by atoms with Crippen LogP contribution in [0.15, 0.2) is 45.8 Å². The van der Waals surface area contributed by atoms with Gasteiger partial charge >= 0.3 is 5.97 Å². The molecule has 0 saturated carbocycles. The highest BCUT2D eigenvalue weighted by Crippen LogP contribution is 2.12. The monoisotopic (exact) mass is 345 g/mol. The number of carbonyl (C=O) groups is 1. The number of esters is 1. The fraction of sp³-hybridized carbons (Fsp3) is 0.333. The summed E-state index contributed by atoms with van der Waals surface area (Å²) in [6, 6.07) is 11.1. The number of furan rings is 1. The van der Waals surface area contributed by atoms with Crippen LogP contribution in [0.25, 0.3) is 0 Å². The Bertz CT molecular complexity index is 707. The standard InChI is InChI=1S/C18H23N3O4/c1-3-24-17(22)16-9-8-15(25-16)12-21-18(19)20-11-10-13-4-6-14(23-2)7-5-13/h4-9H,3,10-12H2,1-2H3,(H3,19,20,21). The lowest BCUT2D eigenvalue weighted by Crippen LogP contribution is -2.33. The van der Waals surface area contributed by atoms with E-state index in [1.807, 2.05) is 24.3 Å². The van der Waals surface area contributed by atoms with Crippen LogP contribution < -0.4 is 15.8 Å². The molecule has 0 spiro atoms. The molecule has 7 heteroatoms. The molecule has 3 N–H and O–H groups in total. The highest BCUT2D eigenvalue weighted by atomic mass is 16.5. The van der Waals surface area contributed by atoms with Crippen LogP contribution in [0.5, 0.6) is 5.75 Å². The topological polar surface area (TPSA) is 99.1 Å². The Morgan fingerprint density at radius 3 is 2.68 bits per heavy atom. The van der Waals surface area contributed by atoms with Gasteiger partial charge in [0, 0.05) is 6.54 Å². The number of nitrogens with one attached hydrogen (secondary N) is 1. The molecule has 0 aliphatic rings. The number of methoxy groups -OCH3 is 1. The van der Waals surface area contributed by atoms with E-state index in [4.69, 9.17) is 19.6 Å². The van der Waals surface area contributed by atoms with E-state index in [1.54, 1.807) is 26.2 Å². The molecule has 2 rings (SSSR count). The molecular formula is C18H23N3O4. The molecule has 0 aliphatic heterocycles. The molecule has 0 unspecified atom stereocenters. The lowest BCUT2D eigenvalue weighted by molar-refractivity contribution is 0.0488. The third-order valence-electron chi connectivity index (χ3n) is 3.42. The Labute approximate surface area is 146 Å². The second-order valence-corrected chi connectivity index (χ2v) is 5.21. The normalized spacial score (nSPS) is 11.2. The van der Waals surface area contributed by atoms with Crippen molar-refractivity contribution in [3.63, 3.8) is 0 Å². The van der Waals surface area contributed by atoms with Gasteiger partial charge < -0.3 is 24.9 Å². The number of carbonyl (C=O) groups excluding carboxylic acids is 1. The smallest absolute Gasteiger partial charge is 0.374 e. The molecule has 0 amide bonds. The van der Waals surface area contributed by atoms with E-state index in [-0.39, 0.29) is 12.3 Å². The average Bonchev–Trinajstić information content (AvgIpc) is 3.10. The van der Waals surface area contributed by atoms with Gasteiger partial charge in [-0.15, -0.1) is 0 Å². The van der Waals surface area contributed by atoms with E-state index < -0.39 is 5.97 Å². The Balaban J connectivity index is 1.76. The summed E-state index contributed by atoms with van der Waals surface area (Å²) in [4.78, 5) is 15.7. The van der Waals surface area contributed by atoms with Gasteiger partial charge in [0.2, 0.25) is 5.76 Å². The van der Waals surface area contributed by atoms with Gasteiger partial charge in [-0.2, -0.15) is 0 Å². The lowest BCUT2D eigenvalue weighted by atomic mass is 10.1. The minimum Gasteiger partial charge on any atom is -0.497 e. The van der Waals surface area contributed by atoms with Gasteiger partial charge in [-0.05, 0) is 43.2 Å². The minimum absolute atomic E-state index is 0.165. The van der Waals surface area contributed by atoms with Crippen LogP contribution in [0.4, 0.5) is 0 Å². The molecule has 0 aliphatic carbocycles. The zero-order valence-corrected chi connectivity index (χ0v) is 14.5. The van der Waals surface area contributed by atoms with Gasteiger partial charge in [0.25, 0.3) is 0 Å². The van der Waals surface area contributed by atoms with Crippen LogP contribution in [-0.2, 0) is 17.7 Å². The molecule has 7 nitrogen and oxygen atoms in total. The molecular weight excluding hydrogens is 322 g/mol. The maximum atomic E-state index is 11.5. The molecule has 1 aromatic carbocycles. The van der Waals surface area contributed by atoms with Crippen molar-refractivity contribution < 1.29 is 18.7 Å². The molecule has 2 aromatic rings. The highest BCUT2D eigenvalue weighted by Gasteiger charge is 2.11. The van der Waals surface area contributed by atoms with Crippen molar-refractivity contribution in [2.75, 3.05) is 20.3 Å². The highest BCUT2D eigenvalue weighted by molar-refractivity contribution is 5.86. The summed E-state index contributed by atoms with van der Waals surface area (Å²) in [5, 5.41) is 3.04. The summed E-state index contributed by atoms with van der Waals surface area (Å²) in [6.07, 6.45) is 0.813. The first-order chi connectivity index (χ1) is 12.1. The zero-order valence-electron chi connectivity index (χ0n) is 14.5. The van der Waals surface area contributed by atoms with E-state index in [9.17, 15) is 4.79 Å². The fourth-order valence-electron chi connectivity index (χ4n) is 2.12. The Morgan fingerprint density at radius 2 is 2.00 bits per heavy atom. The van der Waals surface area contributed by atoms with Crippen molar-refractivity contribution in [1.82, 2.24) is 5.32 Å². The van der Waals surface area contributed by atoms with Gasteiger partial charge in [-0.1, -0.05) is 12.1 Å². The van der Waals surface area contributed by atoms with Crippen LogP contribution >= 0.6 is 0 Å². The van der Waals surface area contributed by atoms with E-state index in [0.717, 1.165) is 12.2 Å². The summed E-state index contributed by atoms with van der Waals surface area (Å²) < 4.78 is 15.4. The van der Waals surface area contributed by atoms with E-state index in [1.165, 1.54) is 5.56 Å². The maximum absolute atomic E-state index is 11.5. The lowest BCUT2D eigenvalue weighted by Gasteiger charge is -2.06. The summed E-state index contributed by atoms with van der Waals surface area (Å²) in [5.74, 6) is 1.38. The van der Waals surface area contributed by atoms with Crippen molar-refractivity contribution >= 4 is 11.9 Å². The predicted molar refractivity (Wildman–Crippen MR) is 94.7 cm³/mol. The fourth-order valence-corrected chi connectivity index (χ4v) is 2.12. The van der Waals surface area contributed by atoms with Crippen LogP contribution in [-0.4, -0.2) is 32.2 Å². The first kappa shape index (κ1) is 18.4. The van der Waals surface area contributed by atoms with Crippen LogP contribution in [0.1, 0.15) is 28.8 Å². The second kappa shape index (κ2) is 9.36. The molecule has 134 valence electrons. The number of guanidine groups is 1. The summed E-state index contributed by atoms with van der Waals surface area (Å²) in [7, 11) is 1.64. The Hall–Kier alpha value is -2.96. The first-order valence-corrected chi connectivity index (χ1v) is 8.05. The number of nitrogens with two attached hydrogens (primary N) is 1. The van der Waals surface area contributed by atoms with Crippen LogP contribution in [0.2, 0.25) is 0 Å². The largest absolute Gasteiger partial charge is 0.497 e. The molecule has 0 radical (unpaired) electrons. The third-order valence-corrected chi connectivity index (χ3v) is 3.42. The van der Waals surface area contributed by atoms with Crippen molar-refractivity contribution in [2.45, 2.75) is 19.9 Å². The molecule has 25 heavy (non-hydrogen) atoms. The van der Waals surface area contributed by atoms with Gasteiger partial charge in [0.1, 0.15) is 18.1 Å². The van der Waals surface area contributed by atoms with E-state index in [0.29, 0.717) is 24.9 Å². The number of nitrogens with zero attached hydrogens (tertiary/aromatic N) is 1. The number of rotatable bonds is 8. The average molecular weight is 345 g/mol. The number of ether oxygens (including phenoxy) is 2. The van der Waals surface area contributed by atoms with E-state index >= 15 is 0 Å². The number of hydrogen-bond acceptors (Lipinski definition) is 5. The third kappa shape index (κ3) is 5.87. The molecule has 0 atom stereocenters. The quantitative estimate of drug-likeness (QED) is 0.432. The van der Waals surface area contributed by atoms with Gasteiger partial charge in [0.15, 0.2) is 5.96 Å². The molecule has 1 aromatic heterocycles. The molecule has 0 fully saturated rings. The summed E-state index contributed by atoms with van der Waals surface area (Å²) in [6.45, 7) is 2.96. The molecule has 0 bridgehead atoms. The van der Waals surface area contributed by atoms with Crippen molar-refractivity contribution in [3.8, 4) is 5.75 Å². The number of benzene rings is 1. The van der Waals surface area contributed by atoms with Crippen molar-refractivity contribution in [3.05, 3.63) is 53.5 Å².